The molecular weight excluding hydrogens is 799 g/mol. The number of carbonyl (C=O) groups is 1. The summed E-state index contributed by atoms with van der Waals surface area (Å²) < 4.78 is 8.21. The van der Waals surface area contributed by atoms with Crippen LogP contribution >= 0.6 is 0 Å². The Bertz CT molecular complexity index is 2030. The fourth-order valence-corrected chi connectivity index (χ4v) is 6.23. The van der Waals surface area contributed by atoms with Crippen molar-refractivity contribution in [2.75, 3.05) is 0 Å². The summed E-state index contributed by atoms with van der Waals surface area (Å²) in [6.07, 6.45) is 4.91. The molecule has 7 heteroatoms. The van der Waals surface area contributed by atoms with Gasteiger partial charge in [-0.25, -0.2) is 4.98 Å². The molecular formula is C43H48IrN3O3-. The summed E-state index contributed by atoms with van der Waals surface area (Å²) in [7, 11) is 0. The summed E-state index contributed by atoms with van der Waals surface area (Å²) in [5, 5.41) is 12.0. The molecule has 0 saturated carbocycles. The normalized spacial score (nSPS) is 11.9. The molecule has 6 rings (SSSR count). The number of allylic oxidation sites excluding steroid dienone is 2. The number of carbonyl (C=O) groups excluding carboxylic acids is 1. The number of imidazole rings is 1. The monoisotopic (exact) mass is 847 g/mol. The Morgan fingerprint density at radius 1 is 0.840 bits per heavy atom. The van der Waals surface area contributed by atoms with Gasteiger partial charge >= 0.3 is 0 Å². The van der Waals surface area contributed by atoms with Gasteiger partial charge in [0.25, 0.3) is 5.71 Å². The van der Waals surface area contributed by atoms with E-state index in [2.05, 4.69) is 73.9 Å². The third-order valence-corrected chi connectivity index (χ3v) is 9.16. The molecule has 0 bridgehead atoms. The average molecular weight is 847 g/mol. The first-order chi connectivity index (χ1) is 23.6. The maximum atomic E-state index is 11.7. The summed E-state index contributed by atoms with van der Waals surface area (Å²) in [5.41, 5.74) is 5.25. The Hall–Kier alpha value is -4.32. The van der Waals surface area contributed by atoms with Crippen molar-refractivity contribution in [3.63, 3.8) is 0 Å². The SMILES string of the molecule is CC(C)(C)c1cc(-c2nc3oc(-c4ccccc4)nc3n2-c2ccccc2)[c-]c2ccccc12.CCC(CC)C(=O)/C=C(\O)C(CC)CC.[Ir]. The van der Waals surface area contributed by atoms with E-state index in [0.29, 0.717) is 17.3 Å². The van der Waals surface area contributed by atoms with E-state index in [9.17, 15) is 9.90 Å². The number of benzene rings is 4. The predicted molar refractivity (Wildman–Crippen MR) is 201 cm³/mol. The van der Waals surface area contributed by atoms with Gasteiger partial charge in [-0.2, -0.15) is 4.98 Å². The maximum absolute atomic E-state index is 11.7. The van der Waals surface area contributed by atoms with Gasteiger partial charge in [-0.1, -0.05) is 114 Å². The van der Waals surface area contributed by atoms with E-state index in [4.69, 9.17) is 14.4 Å². The van der Waals surface area contributed by atoms with E-state index < -0.39 is 0 Å². The van der Waals surface area contributed by atoms with Crippen LogP contribution in [0, 0.1) is 17.9 Å². The van der Waals surface area contributed by atoms with Crippen molar-refractivity contribution in [3.05, 3.63) is 114 Å². The molecule has 0 saturated heterocycles. The van der Waals surface area contributed by atoms with Gasteiger partial charge in [0, 0.05) is 49.3 Å². The van der Waals surface area contributed by atoms with Crippen LogP contribution in [0.1, 0.15) is 79.7 Å². The molecule has 0 amide bonds. The minimum Gasteiger partial charge on any atom is -0.512 e. The Kier molecular flexibility index (Phi) is 13.1. The van der Waals surface area contributed by atoms with E-state index in [1.807, 2.05) is 76.2 Å². The van der Waals surface area contributed by atoms with Crippen molar-refractivity contribution in [3.8, 4) is 28.5 Å². The number of hydrogen-bond acceptors (Lipinski definition) is 5. The van der Waals surface area contributed by atoms with Crippen molar-refractivity contribution in [1.29, 1.82) is 0 Å². The second kappa shape index (κ2) is 17.1. The van der Waals surface area contributed by atoms with E-state index in [1.165, 1.54) is 17.0 Å². The number of hydrogen-bond donors (Lipinski definition) is 1. The summed E-state index contributed by atoms with van der Waals surface area (Å²) in [6, 6.07) is 34.3. The van der Waals surface area contributed by atoms with Crippen molar-refractivity contribution >= 4 is 27.9 Å². The van der Waals surface area contributed by atoms with Gasteiger partial charge in [-0.15, -0.1) is 29.1 Å². The molecule has 1 N–H and O–H groups in total. The Morgan fingerprint density at radius 2 is 1.42 bits per heavy atom. The molecule has 0 aliphatic rings. The number of fused-ring (bicyclic) bond motifs is 2. The fraction of sp³-hybridized carbons (Fsp3) is 0.326. The molecule has 6 nitrogen and oxygen atoms in total. The van der Waals surface area contributed by atoms with Crippen LogP contribution < -0.4 is 0 Å². The van der Waals surface area contributed by atoms with E-state index in [-0.39, 0.29) is 48.9 Å². The maximum Gasteiger partial charge on any atom is 0.259 e. The van der Waals surface area contributed by atoms with Crippen LogP contribution in [0.2, 0.25) is 0 Å². The zero-order chi connectivity index (χ0) is 35.1. The molecule has 0 unspecified atom stereocenters. The molecule has 0 atom stereocenters. The standard InChI is InChI=1S/C30H24N3O.C13H24O2.Ir/c1-30(2,3)25-19-22(18-21-14-10-11-17-24(21)25)26-31-29-27(33(26)23-15-8-5-9-16-23)32-28(34-29)20-12-6-4-7-13-20;1-5-10(6-2)12(14)9-13(15)11(7-3)8-4;/h4-17,19H,1-3H3;9-11,14H,5-8H2,1-4H3;/q-1;;/b;12-9-;. The van der Waals surface area contributed by atoms with Gasteiger partial charge in [0.1, 0.15) is 0 Å². The molecule has 0 spiro atoms. The molecule has 0 aliphatic heterocycles. The number of nitrogens with zero attached hydrogens (tertiary/aromatic N) is 3. The van der Waals surface area contributed by atoms with E-state index >= 15 is 0 Å². The van der Waals surface area contributed by atoms with Crippen LogP contribution in [0.25, 0.3) is 50.7 Å². The molecule has 2 aromatic heterocycles. The summed E-state index contributed by atoms with van der Waals surface area (Å²) in [6.45, 7) is 14.8. The third-order valence-electron chi connectivity index (χ3n) is 9.16. The van der Waals surface area contributed by atoms with Crippen molar-refractivity contribution < 1.29 is 34.4 Å². The molecule has 6 aromatic rings. The van der Waals surface area contributed by atoms with Crippen LogP contribution in [0.15, 0.2) is 107 Å². The minimum atomic E-state index is -0.0362. The number of oxazole rings is 1. The fourth-order valence-electron chi connectivity index (χ4n) is 6.23. The third kappa shape index (κ3) is 8.51. The largest absolute Gasteiger partial charge is 0.512 e. The smallest absolute Gasteiger partial charge is 0.259 e. The summed E-state index contributed by atoms with van der Waals surface area (Å²) >= 11 is 0. The van der Waals surface area contributed by atoms with Crippen molar-refractivity contribution in [2.24, 2.45) is 11.8 Å². The van der Waals surface area contributed by atoms with Crippen LogP contribution in [-0.2, 0) is 30.3 Å². The van der Waals surface area contributed by atoms with Gasteiger partial charge in [0.15, 0.2) is 11.4 Å². The topological polar surface area (TPSA) is 81.2 Å². The Labute approximate surface area is 310 Å². The molecule has 4 aromatic carbocycles. The molecule has 50 heavy (non-hydrogen) atoms. The Balaban J connectivity index is 0.000000301. The summed E-state index contributed by atoms with van der Waals surface area (Å²) in [5.74, 6) is 1.88. The first-order valence-electron chi connectivity index (χ1n) is 17.5. The first-order valence-corrected chi connectivity index (χ1v) is 17.5. The van der Waals surface area contributed by atoms with Crippen LogP contribution in [0.5, 0.6) is 0 Å². The van der Waals surface area contributed by atoms with E-state index in [1.54, 1.807) is 0 Å². The van der Waals surface area contributed by atoms with Crippen LogP contribution in [0.4, 0.5) is 0 Å². The van der Waals surface area contributed by atoms with Gasteiger partial charge in [-0.05, 0) is 55.4 Å². The van der Waals surface area contributed by atoms with Crippen LogP contribution in [-0.4, -0.2) is 25.4 Å². The second-order valence-corrected chi connectivity index (χ2v) is 13.5. The molecule has 0 fully saturated rings. The molecule has 1 radical (unpaired) electrons. The van der Waals surface area contributed by atoms with Crippen molar-refractivity contribution in [2.45, 2.75) is 79.6 Å². The predicted octanol–water partition coefficient (Wildman–Crippen LogP) is 11.5. The number of ketones is 1. The molecule has 0 aliphatic carbocycles. The van der Waals surface area contributed by atoms with Gasteiger partial charge in [-0.3, -0.25) is 4.79 Å². The van der Waals surface area contributed by atoms with Crippen molar-refractivity contribution in [1.82, 2.24) is 14.5 Å². The van der Waals surface area contributed by atoms with E-state index in [0.717, 1.165) is 53.7 Å². The molecule has 2 heterocycles. The number of para-hydroxylation sites is 1. The average Bonchev–Trinajstić information content (AvgIpc) is 3.68. The van der Waals surface area contributed by atoms with Gasteiger partial charge in [0.2, 0.25) is 5.89 Å². The zero-order valence-corrected chi connectivity index (χ0v) is 32.6. The minimum absolute atomic E-state index is 0. The van der Waals surface area contributed by atoms with Gasteiger partial charge in [0.05, 0.1) is 11.6 Å². The Morgan fingerprint density at radius 3 is 2.02 bits per heavy atom. The second-order valence-electron chi connectivity index (χ2n) is 13.5. The number of aliphatic hydroxyl groups excluding tert-OH is 1. The number of aliphatic hydroxyl groups is 1. The molecule has 263 valence electrons. The first kappa shape index (κ1) is 38.5. The number of aromatic nitrogens is 3. The number of rotatable bonds is 10. The van der Waals surface area contributed by atoms with Crippen LogP contribution in [0.3, 0.4) is 0 Å². The quantitative estimate of drug-likeness (QED) is 0.0844. The van der Waals surface area contributed by atoms with Gasteiger partial charge < -0.3 is 14.1 Å². The zero-order valence-electron chi connectivity index (χ0n) is 30.2. The summed E-state index contributed by atoms with van der Waals surface area (Å²) in [4.78, 5) is 21.5.